The molecule has 8 nitrogen and oxygen atoms in total. The summed E-state index contributed by atoms with van der Waals surface area (Å²) in [6, 6.07) is 4.45. The highest BCUT2D eigenvalue weighted by molar-refractivity contribution is 6.24. The van der Waals surface area contributed by atoms with Gasteiger partial charge in [-0.15, -0.1) is 0 Å². The highest BCUT2D eigenvalue weighted by Gasteiger charge is 2.49. The van der Waals surface area contributed by atoms with E-state index in [0.717, 1.165) is 36.5 Å². The lowest BCUT2D eigenvalue weighted by atomic mass is 10.0. The zero-order valence-electron chi connectivity index (χ0n) is 16.2. The summed E-state index contributed by atoms with van der Waals surface area (Å²) in [5.74, 6) is -1.81. The summed E-state index contributed by atoms with van der Waals surface area (Å²) >= 11 is 0. The predicted molar refractivity (Wildman–Crippen MR) is 103 cm³/mol. The van der Waals surface area contributed by atoms with Gasteiger partial charge in [-0.1, -0.05) is 12.1 Å². The number of hydrogen-bond donors (Lipinski definition) is 2. The first-order valence-electron chi connectivity index (χ1n) is 10.3. The number of amides is 4. The molecule has 1 saturated carbocycles. The molecule has 3 heterocycles. The largest absolute Gasteiger partial charge is 0.315 e. The van der Waals surface area contributed by atoms with E-state index in [9.17, 15) is 19.2 Å². The normalized spacial score (nSPS) is 26.5. The summed E-state index contributed by atoms with van der Waals surface area (Å²) in [6.45, 7) is 3.44. The number of piperidine rings is 1. The Morgan fingerprint density at radius 1 is 1.03 bits per heavy atom. The monoisotopic (exact) mass is 396 g/mol. The smallest absolute Gasteiger partial charge is 0.262 e. The maximum Gasteiger partial charge on any atom is 0.262 e. The zero-order valence-corrected chi connectivity index (χ0v) is 16.2. The SMILES string of the molecule is O=C1CCC(N2C(=O)c3cccc(CN4CCNCCC45CC5)c3C2=O)C(=O)N1. The Kier molecular flexibility index (Phi) is 4.29. The molecule has 29 heavy (non-hydrogen) atoms. The van der Waals surface area contributed by atoms with Crippen LogP contribution in [0.4, 0.5) is 0 Å². The average molecular weight is 396 g/mol. The van der Waals surface area contributed by atoms with Crippen LogP contribution in [-0.2, 0) is 16.1 Å². The fourth-order valence-corrected chi connectivity index (χ4v) is 4.93. The molecule has 1 aromatic rings. The fraction of sp³-hybridized carbons (Fsp3) is 0.524. The van der Waals surface area contributed by atoms with E-state index in [2.05, 4.69) is 15.5 Å². The van der Waals surface area contributed by atoms with Crippen molar-refractivity contribution >= 4 is 23.6 Å². The molecule has 2 N–H and O–H groups in total. The number of imide groups is 2. The van der Waals surface area contributed by atoms with E-state index in [1.807, 2.05) is 12.1 Å². The fourth-order valence-electron chi connectivity index (χ4n) is 4.93. The highest BCUT2D eigenvalue weighted by atomic mass is 16.2. The molecular formula is C21H24N4O4. The van der Waals surface area contributed by atoms with E-state index in [-0.39, 0.29) is 24.3 Å². The highest BCUT2D eigenvalue weighted by Crippen LogP contribution is 2.46. The topological polar surface area (TPSA) is 98.8 Å². The van der Waals surface area contributed by atoms with Crippen molar-refractivity contribution in [3.8, 4) is 0 Å². The molecule has 1 spiro atoms. The van der Waals surface area contributed by atoms with Crippen LogP contribution in [0.15, 0.2) is 18.2 Å². The molecule has 4 amide bonds. The minimum atomic E-state index is -0.926. The molecule has 2 saturated heterocycles. The van der Waals surface area contributed by atoms with Gasteiger partial charge in [0, 0.05) is 31.6 Å². The van der Waals surface area contributed by atoms with Crippen LogP contribution in [0.1, 0.15) is 58.4 Å². The van der Waals surface area contributed by atoms with Crippen molar-refractivity contribution in [2.24, 2.45) is 0 Å². The molecule has 1 atom stereocenters. The van der Waals surface area contributed by atoms with Crippen LogP contribution in [0, 0.1) is 0 Å². The van der Waals surface area contributed by atoms with Crippen molar-refractivity contribution in [3.05, 3.63) is 34.9 Å². The lowest BCUT2D eigenvalue weighted by molar-refractivity contribution is -0.136. The molecule has 1 aromatic carbocycles. The van der Waals surface area contributed by atoms with Gasteiger partial charge in [0.1, 0.15) is 6.04 Å². The summed E-state index contributed by atoms with van der Waals surface area (Å²) in [5.41, 5.74) is 1.82. The minimum absolute atomic E-state index is 0.125. The van der Waals surface area contributed by atoms with Crippen molar-refractivity contribution < 1.29 is 19.2 Å². The Balaban J connectivity index is 1.45. The number of carbonyl (C=O) groups is 4. The van der Waals surface area contributed by atoms with Gasteiger partial charge in [0.2, 0.25) is 11.8 Å². The Bertz CT molecular complexity index is 923. The van der Waals surface area contributed by atoms with Gasteiger partial charge in [-0.2, -0.15) is 0 Å². The van der Waals surface area contributed by atoms with Crippen LogP contribution < -0.4 is 10.6 Å². The first kappa shape index (κ1) is 18.4. The van der Waals surface area contributed by atoms with E-state index < -0.39 is 23.8 Å². The van der Waals surface area contributed by atoms with Crippen molar-refractivity contribution in [1.82, 2.24) is 20.4 Å². The quantitative estimate of drug-likeness (QED) is 0.719. The molecule has 1 unspecified atom stereocenters. The van der Waals surface area contributed by atoms with E-state index >= 15 is 0 Å². The Hall–Kier alpha value is -2.58. The number of nitrogens with one attached hydrogen (secondary N) is 2. The molecular weight excluding hydrogens is 372 g/mol. The minimum Gasteiger partial charge on any atom is -0.315 e. The number of rotatable bonds is 3. The van der Waals surface area contributed by atoms with E-state index in [1.54, 1.807) is 6.07 Å². The van der Waals surface area contributed by atoms with E-state index in [4.69, 9.17) is 0 Å². The van der Waals surface area contributed by atoms with Gasteiger partial charge in [0.25, 0.3) is 11.8 Å². The molecule has 0 bridgehead atoms. The first-order valence-corrected chi connectivity index (χ1v) is 10.3. The third kappa shape index (κ3) is 2.98. The van der Waals surface area contributed by atoms with Crippen molar-refractivity contribution in [2.45, 2.75) is 50.2 Å². The molecule has 152 valence electrons. The molecule has 0 aromatic heterocycles. The zero-order chi connectivity index (χ0) is 20.2. The molecule has 3 fully saturated rings. The Morgan fingerprint density at radius 2 is 1.86 bits per heavy atom. The first-order chi connectivity index (χ1) is 14.0. The van der Waals surface area contributed by atoms with Gasteiger partial charge in [0.05, 0.1) is 11.1 Å². The van der Waals surface area contributed by atoms with Gasteiger partial charge >= 0.3 is 0 Å². The standard InChI is InChI=1S/C21H24N4O4/c26-16-5-4-15(18(27)23-16)25-19(28)14-3-1-2-13(17(14)20(25)29)12-24-11-10-22-9-8-21(24)6-7-21/h1-3,15,22H,4-12H2,(H,23,26,27). The van der Waals surface area contributed by atoms with Crippen LogP contribution in [0.5, 0.6) is 0 Å². The molecule has 0 radical (unpaired) electrons. The predicted octanol–water partition coefficient (Wildman–Crippen LogP) is 0.416. The molecule has 1 aliphatic carbocycles. The van der Waals surface area contributed by atoms with Crippen molar-refractivity contribution in [1.29, 1.82) is 0 Å². The van der Waals surface area contributed by atoms with Gasteiger partial charge in [-0.25, -0.2) is 0 Å². The lowest BCUT2D eigenvalue weighted by Crippen LogP contribution is -2.54. The Morgan fingerprint density at radius 3 is 2.62 bits per heavy atom. The molecule has 5 rings (SSSR count). The summed E-state index contributed by atoms with van der Waals surface area (Å²) < 4.78 is 0. The molecule has 8 heteroatoms. The van der Waals surface area contributed by atoms with Gasteiger partial charge in [-0.3, -0.25) is 34.3 Å². The number of carbonyl (C=O) groups excluding carboxylic acids is 4. The molecule has 4 aliphatic rings. The second kappa shape index (κ2) is 6.74. The lowest BCUT2D eigenvalue weighted by Gasteiger charge is -2.30. The van der Waals surface area contributed by atoms with Crippen LogP contribution in [0.3, 0.4) is 0 Å². The van der Waals surface area contributed by atoms with Crippen LogP contribution >= 0.6 is 0 Å². The van der Waals surface area contributed by atoms with Crippen LogP contribution in [-0.4, -0.2) is 64.6 Å². The van der Waals surface area contributed by atoms with E-state index in [1.165, 1.54) is 12.8 Å². The van der Waals surface area contributed by atoms with Crippen LogP contribution in [0.25, 0.3) is 0 Å². The third-order valence-corrected chi connectivity index (χ3v) is 6.74. The summed E-state index contributed by atoms with van der Waals surface area (Å²) in [4.78, 5) is 53.5. The number of hydrogen-bond acceptors (Lipinski definition) is 6. The maximum atomic E-state index is 13.3. The van der Waals surface area contributed by atoms with Gasteiger partial charge in [0.15, 0.2) is 0 Å². The third-order valence-electron chi connectivity index (χ3n) is 6.74. The van der Waals surface area contributed by atoms with Crippen molar-refractivity contribution in [2.75, 3.05) is 19.6 Å². The van der Waals surface area contributed by atoms with Gasteiger partial charge in [-0.05, 0) is 43.9 Å². The Labute approximate surface area is 168 Å². The van der Waals surface area contributed by atoms with Crippen molar-refractivity contribution in [3.63, 3.8) is 0 Å². The average Bonchev–Trinajstić information content (AvgIpc) is 3.47. The second-order valence-electron chi connectivity index (χ2n) is 8.43. The number of benzene rings is 1. The number of nitrogens with zero attached hydrogens (tertiary/aromatic N) is 2. The van der Waals surface area contributed by atoms with Crippen LogP contribution in [0.2, 0.25) is 0 Å². The summed E-state index contributed by atoms with van der Waals surface area (Å²) in [7, 11) is 0. The molecule has 3 aliphatic heterocycles. The summed E-state index contributed by atoms with van der Waals surface area (Å²) in [6.07, 6.45) is 3.72. The van der Waals surface area contributed by atoms with Gasteiger partial charge < -0.3 is 5.32 Å². The maximum absolute atomic E-state index is 13.3. The summed E-state index contributed by atoms with van der Waals surface area (Å²) in [5, 5.41) is 5.68. The number of fused-ring (bicyclic) bond motifs is 1. The second-order valence-corrected chi connectivity index (χ2v) is 8.43. The van der Waals surface area contributed by atoms with E-state index in [0.29, 0.717) is 17.7 Å².